The predicted molar refractivity (Wildman–Crippen MR) is 77.6 cm³/mol. The zero-order chi connectivity index (χ0) is 14.8. The van der Waals surface area contributed by atoms with Gasteiger partial charge in [-0.25, -0.2) is 12.8 Å². The molecule has 3 N–H and O–H groups in total. The Kier molecular flexibility index (Phi) is 5.01. The van der Waals surface area contributed by atoms with E-state index in [9.17, 15) is 12.8 Å². The van der Waals surface area contributed by atoms with Crippen LogP contribution in [0.15, 0.2) is 18.2 Å². The number of hydrogen-bond acceptors (Lipinski definition) is 4. The van der Waals surface area contributed by atoms with Crippen LogP contribution in [0.3, 0.4) is 0 Å². The van der Waals surface area contributed by atoms with Gasteiger partial charge in [0, 0.05) is 11.1 Å². The lowest BCUT2D eigenvalue weighted by atomic mass is 9.95. The third-order valence-corrected chi connectivity index (χ3v) is 5.73. The summed E-state index contributed by atoms with van der Waals surface area (Å²) in [6.07, 6.45) is 1.65. The van der Waals surface area contributed by atoms with E-state index in [0.29, 0.717) is 29.8 Å². The van der Waals surface area contributed by atoms with Gasteiger partial charge in [-0.1, -0.05) is 11.6 Å². The molecule has 1 heterocycles. The molecule has 0 spiro atoms. The Balaban J connectivity index is 2.01. The second kappa shape index (κ2) is 6.39. The van der Waals surface area contributed by atoms with Crippen molar-refractivity contribution in [2.24, 2.45) is 11.8 Å². The summed E-state index contributed by atoms with van der Waals surface area (Å²) in [6, 6.07) is 4.23. The SMILES string of the molecule is NNC(Cc1cc(Cl)ccc1F)CC1CCS(=O)(=O)C1. The summed E-state index contributed by atoms with van der Waals surface area (Å²) in [5.74, 6) is 5.69. The van der Waals surface area contributed by atoms with Crippen molar-refractivity contribution in [3.8, 4) is 0 Å². The summed E-state index contributed by atoms with van der Waals surface area (Å²) in [5.41, 5.74) is 3.13. The van der Waals surface area contributed by atoms with Gasteiger partial charge in [0.15, 0.2) is 9.84 Å². The lowest BCUT2D eigenvalue weighted by Gasteiger charge is -2.19. The molecular formula is C13H18ClFN2O2S. The molecule has 20 heavy (non-hydrogen) atoms. The Labute approximate surface area is 123 Å². The summed E-state index contributed by atoms with van der Waals surface area (Å²) in [7, 11) is -2.90. The van der Waals surface area contributed by atoms with Gasteiger partial charge in [0.25, 0.3) is 0 Å². The van der Waals surface area contributed by atoms with Gasteiger partial charge < -0.3 is 0 Å². The lowest BCUT2D eigenvalue weighted by molar-refractivity contribution is 0.404. The molecule has 0 radical (unpaired) electrons. The van der Waals surface area contributed by atoms with E-state index in [1.807, 2.05) is 0 Å². The van der Waals surface area contributed by atoms with Crippen LogP contribution in [0.2, 0.25) is 5.02 Å². The molecule has 2 unspecified atom stereocenters. The minimum absolute atomic E-state index is 0.0864. The topological polar surface area (TPSA) is 72.2 Å². The Bertz CT molecular complexity index is 580. The van der Waals surface area contributed by atoms with E-state index in [-0.39, 0.29) is 29.3 Å². The number of nitrogens with one attached hydrogen (secondary N) is 1. The predicted octanol–water partition coefficient (Wildman–Crippen LogP) is 1.68. The second-order valence-corrected chi connectivity index (χ2v) is 7.97. The molecule has 1 saturated heterocycles. The van der Waals surface area contributed by atoms with Crippen molar-refractivity contribution in [1.82, 2.24) is 5.43 Å². The normalized spacial score (nSPS) is 22.9. The van der Waals surface area contributed by atoms with Crippen LogP contribution in [0.1, 0.15) is 18.4 Å². The van der Waals surface area contributed by atoms with Gasteiger partial charge in [-0.15, -0.1) is 0 Å². The van der Waals surface area contributed by atoms with Gasteiger partial charge in [0.05, 0.1) is 11.5 Å². The Hall–Kier alpha value is -0.690. The van der Waals surface area contributed by atoms with Crippen molar-refractivity contribution >= 4 is 21.4 Å². The van der Waals surface area contributed by atoms with E-state index in [4.69, 9.17) is 17.4 Å². The number of hydrogen-bond donors (Lipinski definition) is 2. The maximum absolute atomic E-state index is 13.7. The molecule has 112 valence electrons. The Morgan fingerprint density at radius 1 is 1.50 bits per heavy atom. The molecule has 1 aliphatic heterocycles. The molecular weight excluding hydrogens is 303 g/mol. The summed E-state index contributed by atoms with van der Waals surface area (Å²) in [6.45, 7) is 0. The smallest absolute Gasteiger partial charge is 0.150 e. The summed E-state index contributed by atoms with van der Waals surface area (Å²) in [5, 5.41) is 0.473. The van der Waals surface area contributed by atoms with Gasteiger partial charge in [-0.05, 0) is 48.9 Å². The molecule has 0 aromatic heterocycles. The number of benzene rings is 1. The average molecular weight is 321 g/mol. The largest absolute Gasteiger partial charge is 0.271 e. The van der Waals surface area contributed by atoms with Crippen LogP contribution in [0.4, 0.5) is 4.39 Å². The first-order valence-corrected chi connectivity index (χ1v) is 8.70. The number of sulfone groups is 1. The Morgan fingerprint density at radius 3 is 2.85 bits per heavy atom. The van der Waals surface area contributed by atoms with E-state index in [0.717, 1.165) is 0 Å². The van der Waals surface area contributed by atoms with Crippen molar-refractivity contribution < 1.29 is 12.8 Å². The minimum atomic E-state index is -2.90. The van der Waals surface area contributed by atoms with E-state index in [1.54, 1.807) is 6.07 Å². The molecule has 1 aliphatic rings. The first-order valence-electron chi connectivity index (χ1n) is 6.50. The second-order valence-electron chi connectivity index (χ2n) is 5.31. The highest BCUT2D eigenvalue weighted by Gasteiger charge is 2.29. The third-order valence-electron chi connectivity index (χ3n) is 3.65. The van der Waals surface area contributed by atoms with Crippen molar-refractivity contribution in [3.05, 3.63) is 34.6 Å². The van der Waals surface area contributed by atoms with Gasteiger partial charge in [-0.2, -0.15) is 0 Å². The quantitative estimate of drug-likeness (QED) is 0.639. The van der Waals surface area contributed by atoms with E-state index >= 15 is 0 Å². The molecule has 0 saturated carbocycles. The molecule has 7 heteroatoms. The highest BCUT2D eigenvalue weighted by Crippen LogP contribution is 2.25. The van der Waals surface area contributed by atoms with E-state index in [1.165, 1.54) is 12.1 Å². The zero-order valence-electron chi connectivity index (χ0n) is 11.0. The molecule has 0 bridgehead atoms. The number of halogens is 2. The van der Waals surface area contributed by atoms with Gasteiger partial charge in [0.1, 0.15) is 5.82 Å². The highest BCUT2D eigenvalue weighted by atomic mass is 35.5. The maximum Gasteiger partial charge on any atom is 0.150 e. The lowest BCUT2D eigenvalue weighted by Crippen LogP contribution is -2.38. The van der Waals surface area contributed by atoms with Crippen molar-refractivity contribution in [3.63, 3.8) is 0 Å². The fourth-order valence-electron chi connectivity index (χ4n) is 2.64. The van der Waals surface area contributed by atoms with E-state index in [2.05, 4.69) is 5.43 Å². The molecule has 0 aliphatic carbocycles. The first-order chi connectivity index (χ1) is 9.39. The first kappa shape index (κ1) is 15.7. The standard InChI is InChI=1S/C13H18ClFN2O2S/c14-11-1-2-13(15)10(6-11)7-12(17-16)5-9-3-4-20(18,19)8-9/h1-2,6,9,12,17H,3-5,7-8,16H2. The molecule has 1 aromatic rings. The van der Waals surface area contributed by atoms with Crippen LogP contribution in [0.25, 0.3) is 0 Å². The fourth-order valence-corrected chi connectivity index (χ4v) is 4.71. The molecule has 1 aromatic carbocycles. The summed E-state index contributed by atoms with van der Waals surface area (Å²) < 4.78 is 36.6. The molecule has 0 amide bonds. The van der Waals surface area contributed by atoms with Gasteiger partial charge in [0.2, 0.25) is 0 Å². The molecule has 2 rings (SSSR count). The summed E-state index contributed by atoms with van der Waals surface area (Å²) >= 11 is 5.85. The van der Waals surface area contributed by atoms with Crippen LogP contribution in [0.5, 0.6) is 0 Å². The van der Waals surface area contributed by atoms with Crippen molar-refractivity contribution in [2.75, 3.05) is 11.5 Å². The van der Waals surface area contributed by atoms with Crippen molar-refractivity contribution in [2.45, 2.75) is 25.3 Å². The van der Waals surface area contributed by atoms with Gasteiger partial charge in [-0.3, -0.25) is 11.3 Å². The number of rotatable bonds is 5. The monoisotopic (exact) mass is 320 g/mol. The number of nitrogens with two attached hydrogens (primary N) is 1. The summed E-state index contributed by atoms with van der Waals surface area (Å²) in [4.78, 5) is 0. The highest BCUT2D eigenvalue weighted by molar-refractivity contribution is 7.91. The molecule has 4 nitrogen and oxygen atoms in total. The van der Waals surface area contributed by atoms with Gasteiger partial charge >= 0.3 is 0 Å². The minimum Gasteiger partial charge on any atom is -0.271 e. The van der Waals surface area contributed by atoms with Crippen LogP contribution in [-0.2, 0) is 16.3 Å². The third kappa shape index (κ3) is 4.15. The zero-order valence-corrected chi connectivity index (χ0v) is 12.6. The molecule has 1 fully saturated rings. The number of hydrazine groups is 1. The Morgan fingerprint density at radius 2 is 2.25 bits per heavy atom. The fraction of sp³-hybridized carbons (Fsp3) is 0.538. The average Bonchev–Trinajstić information content (AvgIpc) is 2.72. The maximum atomic E-state index is 13.7. The van der Waals surface area contributed by atoms with E-state index < -0.39 is 9.84 Å². The van der Waals surface area contributed by atoms with Crippen LogP contribution in [0, 0.1) is 11.7 Å². The van der Waals surface area contributed by atoms with Crippen molar-refractivity contribution in [1.29, 1.82) is 0 Å². The van der Waals surface area contributed by atoms with Crippen LogP contribution < -0.4 is 11.3 Å². The molecule has 2 atom stereocenters. The van der Waals surface area contributed by atoms with Crippen LogP contribution in [-0.4, -0.2) is 26.0 Å². The van der Waals surface area contributed by atoms with Crippen LogP contribution >= 0.6 is 11.6 Å².